The zero-order valence-electron chi connectivity index (χ0n) is 11.1. The molecule has 20 heavy (non-hydrogen) atoms. The van der Waals surface area contributed by atoms with E-state index < -0.39 is 0 Å². The van der Waals surface area contributed by atoms with Crippen molar-refractivity contribution in [3.63, 3.8) is 0 Å². The summed E-state index contributed by atoms with van der Waals surface area (Å²) in [6.07, 6.45) is 2.32. The van der Waals surface area contributed by atoms with Gasteiger partial charge in [-0.2, -0.15) is 0 Å². The highest BCUT2D eigenvalue weighted by atomic mass is 32.1. The first-order valence-corrected chi connectivity index (χ1v) is 7.41. The standard InChI is InChI=1S/C16H15NO2S/c1-11(17-16(18)14-6-4-8-19-14)9-12-10-20-15-7-3-2-5-13(12)15/h2-8,10-11H,9H2,1H3,(H,17,18)/t11-/m0/s1. The molecule has 0 saturated heterocycles. The summed E-state index contributed by atoms with van der Waals surface area (Å²) in [6, 6.07) is 11.8. The summed E-state index contributed by atoms with van der Waals surface area (Å²) in [5.41, 5.74) is 1.28. The minimum absolute atomic E-state index is 0.0607. The van der Waals surface area contributed by atoms with Crippen LogP contribution < -0.4 is 5.32 Å². The number of thiophene rings is 1. The first-order chi connectivity index (χ1) is 9.74. The molecule has 0 aliphatic heterocycles. The maximum Gasteiger partial charge on any atom is 0.287 e. The molecule has 0 bridgehead atoms. The van der Waals surface area contributed by atoms with E-state index in [0.29, 0.717) is 5.76 Å². The van der Waals surface area contributed by atoms with Crippen molar-refractivity contribution < 1.29 is 9.21 Å². The largest absolute Gasteiger partial charge is 0.459 e. The summed E-state index contributed by atoms with van der Waals surface area (Å²) in [5.74, 6) is 0.189. The molecule has 1 aromatic carbocycles. The third-order valence-electron chi connectivity index (χ3n) is 3.21. The van der Waals surface area contributed by atoms with E-state index >= 15 is 0 Å². The van der Waals surface area contributed by atoms with Crippen LogP contribution in [0.25, 0.3) is 10.1 Å². The summed E-state index contributed by atoms with van der Waals surface area (Å²) < 4.78 is 6.38. The number of rotatable bonds is 4. The van der Waals surface area contributed by atoms with Crippen molar-refractivity contribution in [1.82, 2.24) is 5.32 Å². The van der Waals surface area contributed by atoms with Gasteiger partial charge in [0, 0.05) is 10.7 Å². The Kier molecular flexibility index (Phi) is 3.56. The first kappa shape index (κ1) is 12.9. The molecule has 0 aliphatic carbocycles. The fourth-order valence-corrected chi connectivity index (χ4v) is 3.25. The molecule has 0 radical (unpaired) electrons. The van der Waals surface area contributed by atoms with Gasteiger partial charge in [0.05, 0.1) is 6.26 Å². The summed E-state index contributed by atoms with van der Waals surface area (Å²) in [5, 5.41) is 6.40. The molecule has 3 aromatic rings. The van der Waals surface area contributed by atoms with Gasteiger partial charge in [-0.15, -0.1) is 11.3 Å². The molecule has 0 fully saturated rings. The highest BCUT2D eigenvalue weighted by molar-refractivity contribution is 7.17. The topological polar surface area (TPSA) is 42.2 Å². The molecular formula is C16H15NO2S. The van der Waals surface area contributed by atoms with Gasteiger partial charge in [0.2, 0.25) is 0 Å². The number of benzene rings is 1. The molecule has 3 rings (SSSR count). The lowest BCUT2D eigenvalue weighted by atomic mass is 10.1. The van der Waals surface area contributed by atoms with Crippen LogP contribution in [0.3, 0.4) is 0 Å². The number of hydrogen-bond donors (Lipinski definition) is 1. The Morgan fingerprint density at radius 2 is 2.15 bits per heavy atom. The van der Waals surface area contributed by atoms with E-state index in [4.69, 9.17) is 4.42 Å². The van der Waals surface area contributed by atoms with E-state index in [1.165, 1.54) is 21.9 Å². The predicted octanol–water partition coefficient (Wildman–Crippen LogP) is 3.86. The van der Waals surface area contributed by atoms with Gasteiger partial charge in [-0.25, -0.2) is 0 Å². The molecule has 102 valence electrons. The summed E-state index contributed by atoms with van der Waals surface area (Å²) in [7, 11) is 0. The maximum atomic E-state index is 11.9. The second-order valence-electron chi connectivity index (χ2n) is 4.81. The Morgan fingerprint density at radius 1 is 1.30 bits per heavy atom. The van der Waals surface area contributed by atoms with Crippen molar-refractivity contribution in [2.45, 2.75) is 19.4 Å². The van der Waals surface area contributed by atoms with Crippen molar-refractivity contribution in [1.29, 1.82) is 0 Å². The van der Waals surface area contributed by atoms with Crippen LogP contribution in [-0.4, -0.2) is 11.9 Å². The molecule has 1 amide bonds. The van der Waals surface area contributed by atoms with Gasteiger partial charge in [0.1, 0.15) is 0 Å². The Hall–Kier alpha value is -2.07. The van der Waals surface area contributed by atoms with E-state index in [2.05, 4.69) is 22.8 Å². The Morgan fingerprint density at radius 3 is 2.95 bits per heavy atom. The zero-order valence-corrected chi connectivity index (χ0v) is 11.9. The normalized spacial score (nSPS) is 12.4. The van der Waals surface area contributed by atoms with Gasteiger partial charge in [-0.1, -0.05) is 18.2 Å². The highest BCUT2D eigenvalue weighted by Gasteiger charge is 2.14. The van der Waals surface area contributed by atoms with E-state index in [9.17, 15) is 4.79 Å². The number of nitrogens with one attached hydrogen (secondary N) is 1. The van der Waals surface area contributed by atoms with E-state index in [1.54, 1.807) is 23.5 Å². The molecular weight excluding hydrogens is 270 g/mol. The Balaban J connectivity index is 1.70. The summed E-state index contributed by atoms with van der Waals surface area (Å²) in [4.78, 5) is 11.9. The van der Waals surface area contributed by atoms with E-state index in [1.807, 2.05) is 19.1 Å². The van der Waals surface area contributed by atoms with Crippen molar-refractivity contribution in [3.8, 4) is 0 Å². The molecule has 1 N–H and O–H groups in total. The van der Waals surface area contributed by atoms with Crippen molar-refractivity contribution in [2.75, 3.05) is 0 Å². The minimum atomic E-state index is -0.165. The van der Waals surface area contributed by atoms with Crippen molar-refractivity contribution in [2.24, 2.45) is 0 Å². The third kappa shape index (κ3) is 2.60. The molecule has 4 heteroatoms. The van der Waals surface area contributed by atoms with Crippen LogP contribution in [0.5, 0.6) is 0 Å². The number of amides is 1. The number of fused-ring (bicyclic) bond motifs is 1. The van der Waals surface area contributed by atoms with Gasteiger partial charge in [-0.05, 0) is 47.9 Å². The summed E-state index contributed by atoms with van der Waals surface area (Å²) >= 11 is 1.74. The second kappa shape index (κ2) is 5.51. The van der Waals surface area contributed by atoms with Gasteiger partial charge in [0.15, 0.2) is 5.76 Å². The molecule has 2 heterocycles. The van der Waals surface area contributed by atoms with Crippen LogP contribution in [0.1, 0.15) is 23.0 Å². The van der Waals surface area contributed by atoms with Crippen LogP contribution >= 0.6 is 11.3 Å². The third-order valence-corrected chi connectivity index (χ3v) is 4.22. The number of furan rings is 1. The van der Waals surface area contributed by atoms with Crippen LogP contribution in [0.4, 0.5) is 0 Å². The molecule has 0 unspecified atom stereocenters. The smallest absolute Gasteiger partial charge is 0.287 e. The average Bonchev–Trinajstić information content (AvgIpc) is 3.09. The van der Waals surface area contributed by atoms with Gasteiger partial charge in [-0.3, -0.25) is 4.79 Å². The molecule has 3 nitrogen and oxygen atoms in total. The van der Waals surface area contributed by atoms with Gasteiger partial charge >= 0.3 is 0 Å². The molecule has 1 atom stereocenters. The number of hydrogen-bond acceptors (Lipinski definition) is 3. The average molecular weight is 285 g/mol. The number of carbonyl (C=O) groups excluding carboxylic acids is 1. The molecule has 0 saturated carbocycles. The first-order valence-electron chi connectivity index (χ1n) is 6.53. The predicted molar refractivity (Wildman–Crippen MR) is 81.2 cm³/mol. The lowest BCUT2D eigenvalue weighted by molar-refractivity contribution is 0.0912. The quantitative estimate of drug-likeness (QED) is 0.791. The van der Waals surface area contributed by atoms with Crippen molar-refractivity contribution in [3.05, 3.63) is 59.4 Å². The zero-order chi connectivity index (χ0) is 13.9. The molecule has 2 aromatic heterocycles. The van der Waals surface area contributed by atoms with Crippen LogP contribution in [0.2, 0.25) is 0 Å². The minimum Gasteiger partial charge on any atom is -0.459 e. The molecule has 0 spiro atoms. The second-order valence-corrected chi connectivity index (χ2v) is 5.72. The van der Waals surface area contributed by atoms with Crippen molar-refractivity contribution >= 4 is 27.3 Å². The lowest BCUT2D eigenvalue weighted by Gasteiger charge is -2.12. The van der Waals surface area contributed by atoms with E-state index in [-0.39, 0.29) is 11.9 Å². The Labute approximate surface area is 121 Å². The fourth-order valence-electron chi connectivity index (χ4n) is 2.27. The van der Waals surface area contributed by atoms with Crippen LogP contribution in [0.15, 0.2) is 52.5 Å². The summed E-state index contributed by atoms with van der Waals surface area (Å²) in [6.45, 7) is 2.01. The number of carbonyl (C=O) groups is 1. The lowest BCUT2D eigenvalue weighted by Crippen LogP contribution is -2.33. The Bertz CT molecular complexity index is 715. The SMILES string of the molecule is C[C@@H](Cc1csc2ccccc12)NC(=O)c1ccco1. The van der Waals surface area contributed by atoms with Gasteiger partial charge < -0.3 is 9.73 Å². The van der Waals surface area contributed by atoms with Crippen LogP contribution in [0, 0.1) is 0 Å². The highest BCUT2D eigenvalue weighted by Crippen LogP contribution is 2.26. The van der Waals surface area contributed by atoms with E-state index in [0.717, 1.165) is 6.42 Å². The maximum absolute atomic E-state index is 11.9. The fraction of sp³-hybridized carbons (Fsp3) is 0.188. The monoisotopic (exact) mass is 285 g/mol. The molecule has 0 aliphatic rings. The van der Waals surface area contributed by atoms with Crippen LogP contribution in [-0.2, 0) is 6.42 Å². The van der Waals surface area contributed by atoms with Gasteiger partial charge in [0.25, 0.3) is 5.91 Å².